The zero-order valence-corrected chi connectivity index (χ0v) is 12.3. The summed E-state index contributed by atoms with van der Waals surface area (Å²) in [5, 5.41) is 0. The van der Waals surface area contributed by atoms with Gasteiger partial charge in [0.2, 0.25) is 0 Å². The van der Waals surface area contributed by atoms with Crippen molar-refractivity contribution in [1.29, 1.82) is 0 Å². The summed E-state index contributed by atoms with van der Waals surface area (Å²) in [6.07, 6.45) is 2.86. The van der Waals surface area contributed by atoms with Gasteiger partial charge in [-0.2, -0.15) is 0 Å². The predicted octanol–water partition coefficient (Wildman–Crippen LogP) is 3.80. The number of hydrogen-bond donors (Lipinski definition) is 1. The number of anilines is 2. The van der Waals surface area contributed by atoms with Crippen LogP contribution in [0.5, 0.6) is 0 Å². The largest absolute Gasteiger partial charge is 0.341 e. The Morgan fingerprint density at radius 2 is 1.95 bits per heavy atom. The fourth-order valence-electron chi connectivity index (χ4n) is 2.88. The van der Waals surface area contributed by atoms with E-state index in [0.717, 1.165) is 37.2 Å². The first-order valence-electron chi connectivity index (χ1n) is 7.58. The Balaban J connectivity index is 1.82. The normalized spacial score (nSPS) is 15.1. The third-order valence-corrected chi connectivity index (χ3v) is 4.21. The molecule has 3 heteroatoms. The lowest BCUT2D eigenvalue weighted by Gasteiger charge is -2.20. The van der Waals surface area contributed by atoms with Crippen LogP contribution < -0.4 is 10.6 Å². The Morgan fingerprint density at radius 1 is 1.19 bits per heavy atom. The molecule has 0 spiro atoms. The first kappa shape index (κ1) is 14.1. The van der Waals surface area contributed by atoms with Crippen LogP contribution in [0.1, 0.15) is 24.5 Å². The summed E-state index contributed by atoms with van der Waals surface area (Å²) in [5.41, 5.74) is 10.6. The highest BCUT2D eigenvalue weighted by Gasteiger charge is 2.20. The monoisotopic (exact) mass is 284 g/mol. The fraction of sp³-hybridized carbons (Fsp3) is 0.333. The van der Waals surface area contributed by atoms with Gasteiger partial charge in [-0.1, -0.05) is 25.1 Å². The highest BCUT2D eigenvalue weighted by molar-refractivity contribution is 5.69. The lowest BCUT2D eigenvalue weighted by molar-refractivity contribution is 0.628. The first-order chi connectivity index (χ1) is 10.2. The minimum absolute atomic E-state index is 0.175. The molecule has 0 amide bonds. The van der Waals surface area contributed by atoms with Crippen molar-refractivity contribution in [3.8, 4) is 0 Å². The van der Waals surface area contributed by atoms with Crippen LogP contribution in [0, 0.1) is 5.82 Å². The van der Waals surface area contributed by atoms with E-state index in [2.05, 4.69) is 36.1 Å². The third-order valence-electron chi connectivity index (χ3n) is 4.21. The number of hydrogen-bond acceptors (Lipinski definition) is 2. The van der Waals surface area contributed by atoms with Gasteiger partial charge in [0.1, 0.15) is 5.82 Å². The molecular formula is C18H21FN2. The average Bonchev–Trinajstić information content (AvgIpc) is 2.91. The number of rotatable bonds is 4. The number of fused-ring (bicyclic) bond motifs is 1. The molecule has 1 aliphatic heterocycles. The van der Waals surface area contributed by atoms with Crippen LogP contribution in [0.3, 0.4) is 0 Å². The van der Waals surface area contributed by atoms with E-state index in [1.165, 1.54) is 17.2 Å². The van der Waals surface area contributed by atoms with Gasteiger partial charge in [-0.15, -0.1) is 0 Å². The van der Waals surface area contributed by atoms with Gasteiger partial charge in [0, 0.05) is 24.0 Å². The molecule has 0 bridgehead atoms. The maximum Gasteiger partial charge on any atom is 0.125 e. The molecule has 2 nitrogen and oxygen atoms in total. The molecule has 1 unspecified atom stereocenters. The van der Waals surface area contributed by atoms with Crippen LogP contribution in [0.2, 0.25) is 0 Å². The Labute approximate surface area is 125 Å². The van der Waals surface area contributed by atoms with Crippen molar-refractivity contribution in [3.63, 3.8) is 0 Å². The molecule has 0 aliphatic carbocycles. The maximum absolute atomic E-state index is 13.5. The van der Waals surface area contributed by atoms with E-state index in [-0.39, 0.29) is 11.9 Å². The van der Waals surface area contributed by atoms with Crippen molar-refractivity contribution in [1.82, 2.24) is 0 Å². The summed E-state index contributed by atoms with van der Waals surface area (Å²) in [4.78, 5) is 2.18. The molecule has 3 rings (SSSR count). The molecule has 1 heterocycles. The lowest BCUT2D eigenvalue weighted by Crippen LogP contribution is -2.21. The second-order valence-electron chi connectivity index (χ2n) is 5.71. The lowest BCUT2D eigenvalue weighted by atomic mass is 10.0. The molecule has 2 N–H and O–H groups in total. The highest BCUT2D eigenvalue weighted by atomic mass is 19.1. The SMILES string of the molecule is CCC(N)Cc1ccc(N2CCc3ccc(F)cc32)cc1. The molecule has 2 aromatic carbocycles. The molecule has 0 saturated heterocycles. The van der Waals surface area contributed by atoms with Crippen LogP contribution in [0.4, 0.5) is 15.8 Å². The van der Waals surface area contributed by atoms with Gasteiger partial charge in [-0.3, -0.25) is 0 Å². The molecule has 21 heavy (non-hydrogen) atoms. The van der Waals surface area contributed by atoms with Crippen LogP contribution in [-0.4, -0.2) is 12.6 Å². The van der Waals surface area contributed by atoms with Gasteiger partial charge in [-0.05, 0) is 54.7 Å². The van der Waals surface area contributed by atoms with E-state index >= 15 is 0 Å². The fourth-order valence-corrected chi connectivity index (χ4v) is 2.88. The Morgan fingerprint density at radius 3 is 2.67 bits per heavy atom. The summed E-state index contributed by atoms with van der Waals surface area (Å²) >= 11 is 0. The molecule has 1 aliphatic rings. The molecule has 1 atom stereocenters. The molecule has 0 fully saturated rings. The van der Waals surface area contributed by atoms with Crippen molar-refractivity contribution < 1.29 is 4.39 Å². The van der Waals surface area contributed by atoms with E-state index in [9.17, 15) is 4.39 Å². The summed E-state index contributed by atoms with van der Waals surface area (Å²) < 4.78 is 13.5. The maximum atomic E-state index is 13.5. The smallest absolute Gasteiger partial charge is 0.125 e. The van der Waals surface area contributed by atoms with Gasteiger partial charge < -0.3 is 10.6 Å². The Kier molecular flexibility index (Phi) is 3.93. The van der Waals surface area contributed by atoms with Gasteiger partial charge in [0.05, 0.1) is 0 Å². The van der Waals surface area contributed by atoms with E-state index in [0.29, 0.717) is 0 Å². The summed E-state index contributed by atoms with van der Waals surface area (Å²) in [6, 6.07) is 13.7. The third kappa shape index (κ3) is 2.93. The van der Waals surface area contributed by atoms with Crippen LogP contribution in [-0.2, 0) is 12.8 Å². The van der Waals surface area contributed by atoms with E-state index < -0.39 is 0 Å². The van der Waals surface area contributed by atoms with E-state index in [1.807, 2.05) is 6.07 Å². The minimum Gasteiger partial charge on any atom is -0.341 e. The zero-order chi connectivity index (χ0) is 14.8. The molecule has 0 aromatic heterocycles. The Hall–Kier alpha value is -1.87. The van der Waals surface area contributed by atoms with Gasteiger partial charge in [0.15, 0.2) is 0 Å². The molecule has 2 aromatic rings. The quantitative estimate of drug-likeness (QED) is 0.925. The number of nitrogens with zero attached hydrogens (tertiary/aromatic N) is 1. The first-order valence-corrected chi connectivity index (χ1v) is 7.58. The van der Waals surface area contributed by atoms with Gasteiger partial charge >= 0.3 is 0 Å². The van der Waals surface area contributed by atoms with Crippen molar-refractivity contribution in [2.75, 3.05) is 11.4 Å². The van der Waals surface area contributed by atoms with Gasteiger partial charge in [0.25, 0.3) is 0 Å². The molecule has 0 radical (unpaired) electrons. The number of benzene rings is 2. The van der Waals surface area contributed by atoms with Crippen LogP contribution in [0.15, 0.2) is 42.5 Å². The van der Waals surface area contributed by atoms with E-state index in [1.54, 1.807) is 6.07 Å². The Bertz CT molecular complexity index is 622. The summed E-state index contributed by atoms with van der Waals surface area (Å²) in [6.45, 7) is 3.02. The second-order valence-corrected chi connectivity index (χ2v) is 5.71. The van der Waals surface area contributed by atoms with Crippen molar-refractivity contribution >= 4 is 11.4 Å². The van der Waals surface area contributed by atoms with Crippen molar-refractivity contribution in [2.24, 2.45) is 5.73 Å². The summed E-state index contributed by atoms with van der Waals surface area (Å²) in [5.74, 6) is -0.175. The average molecular weight is 284 g/mol. The van der Waals surface area contributed by atoms with Crippen LogP contribution >= 0.6 is 0 Å². The molecule has 110 valence electrons. The van der Waals surface area contributed by atoms with Crippen molar-refractivity contribution in [3.05, 3.63) is 59.4 Å². The van der Waals surface area contributed by atoms with Crippen molar-refractivity contribution in [2.45, 2.75) is 32.2 Å². The standard InChI is InChI=1S/C18H21FN2/c1-2-16(20)11-13-3-7-17(8-4-13)21-10-9-14-5-6-15(19)12-18(14)21/h3-8,12,16H,2,9-11,20H2,1H3. The number of nitrogens with two attached hydrogens (primary N) is 1. The van der Waals surface area contributed by atoms with Crippen LogP contribution in [0.25, 0.3) is 0 Å². The highest BCUT2D eigenvalue weighted by Crippen LogP contribution is 2.35. The second kappa shape index (κ2) is 5.86. The topological polar surface area (TPSA) is 29.3 Å². The zero-order valence-electron chi connectivity index (χ0n) is 12.3. The predicted molar refractivity (Wildman–Crippen MR) is 85.5 cm³/mol. The molecular weight excluding hydrogens is 263 g/mol. The van der Waals surface area contributed by atoms with E-state index in [4.69, 9.17) is 5.73 Å². The molecule has 0 saturated carbocycles. The number of halogens is 1. The van der Waals surface area contributed by atoms with Gasteiger partial charge in [-0.25, -0.2) is 4.39 Å². The summed E-state index contributed by atoms with van der Waals surface area (Å²) in [7, 11) is 0. The minimum atomic E-state index is -0.175.